The topological polar surface area (TPSA) is 165 Å². The number of hydrogen-bond donors (Lipinski definition) is 6. The van der Waals surface area contributed by atoms with Gasteiger partial charge in [-0.15, -0.1) is 0 Å². The highest BCUT2D eigenvalue weighted by atomic mass is 16.5. The number of ether oxygens (including phenoxy) is 1. The molecule has 3 saturated heterocycles. The zero-order chi connectivity index (χ0) is 17.5. The summed E-state index contributed by atoms with van der Waals surface area (Å²) in [6, 6.07) is 0. The van der Waals surface area contributed by atoms with Crippen molar-refractivity contribution in [2.45, 2.75) is 36.5 Å². The van der Waals surface area contributed by atoms with E-state index >= 15 is 0 Å². The van der Waals surface area contributed by atoms with Crippen LogP contribution in [0.1, 0.15) is 13.3 Å². The van der Waals surface area contributed by atoms with Crippen LogP contribution < -0.4 is 10.6 Å². The first-order chi connectivity index (χ1) is 10.6. The molecule has 23 heavy (non-hydrogen) atoms. The van der Waals surface area contributed by atoms with Gasteiger partial charge in [-0.05, 0) is 25.0 Å². The Labute approximate surface area is 130 Å². The monoisotopic (exact) mass is 330 g/mol. The van der Waals surface area contributed by atoms with Crippen LogP contribution in [0.25, 0.3) is 0 Å². The zero-order valence-corrected chi connectivity index (χ0v) is 12.3. The molecule has 3 aliphatic heterocycles. The van der Waals surface area contributed by atoms with Gasteiger partial charge in [0.1, 0.15) is 18.0 Å². The molecule has 2 amide bonds. The van der Waals surface area contributed by atoms with E-state index in [4.69, 9.17) is 9.84 Å². The number of carbonyl (C=O) groups excluding carboxylic acids is 3. The van der Waals surface area contributed by atoms with Crippen LogP contribution in [0.5, 0.6) is 0 Å². The fourth-order valence-electron chi connectivity index (χ4n) is 2.54. The molecule has 2 bridgehead atoms. The predicted molar refractivity (Wildman–Crippen MR) is 72.4 cm³/mol. The van der Waals surface area contributed by atoms with Gasteiger partial charge in [0.25, 0.3) is 17.5 Å². The molecule has 3 rings (SSSR count). The molecule has 3 fully saturated rings. The van der Waals surface area contributed by atoms with Gasteiger partial charge >= 0.3 is 0 Å². The molecular formula is C13H18N2O8. The average molecular weight is 330 g/mol. The Morgan fingerprint density at radius 1 is 1.39 bits per heavy atom. The number of rotatable bonds is 4. The van der Waals surface area contributed by atoms with Gasteiger partial charge in [-0.3, -0.25) is 14.4 Å². The van der Waals surface area contributed by atoms with Gasteiger partial charge < -0.3 is 35.8 Å². The van der Waals surface area contributed by atoms with Crippen molar-refractivity contribution in [2.75, 3.05) is 13.2 Å². The molecule has 0 unspecified atom stereocenters. The second-order valence-electron chi connectivity index (χ2n) is 5.70. The third-order valence-electron chi connectivity index (χ3n) is 3.99. The number of aliphatic hydroxyl groups is 4. The van der Waals surface area contributed by atoms with Crippen LogP contribution in [-0.4, -0.2) is 74.9 Å². The van der Waals surface area contributed by atoms with E-state index in [1.165, 1.54) is 0 Å². The molecular weight excluding hydrogens is 312 g/mol. The van der Waals surface area contributed by atoms with Crippen molar-refractivity contribution in [2.24, 2.45) is 0 Å². The third kappa shape index (κ3) is 2.54. The maximum Gasteiger partial charge on any atom is 0.280 e. The normalized spacial score (nSPS) is 36.5. The molecule has 10 heteroatoms. The van der Waals surface area contributed by atoms with Gasteiger partial charge in [0, 0.05) is 0 Å². The van der Waals surface area contributed by atoms with E-state index in [2.05, 4.69) is 0 Å². The van der Waals surface area contributed by atoms with E-state index in [0.717, 1.165) is 13.0 Å². The van der Waals surface area contributed by atoms with Crippen LogP contribution in [0.3, 0.4) is 0 Å². The molecule has 0 spiro atoms. The summed E-state index contributed by atoms with van der Waals surface area (Å²) in [5, 5.41) is 43.9. The maximum atomic E-state index is 12.4. The van der Waals surface area contributed by atoms with Crippen molar-refractivity contribution in [3.63, 3.8) is 0 Å². The minimum atomic E-state index is -2.46. The van der Waals surface area contributed by atoms with E-state index in [-0.39, 0.29) is 18.6 Å². The van der Waals surface area contributed by atoms with Gasteiger partial charge in [0.15, 0.2) is 0 Å². The standard InChI is InChI=1S/C13H18N2O8/c1-11(21,6-17)8(18)13-10(20)14-12(22,9(19)15-13)7(2-4-16)3-5-23-13/h2,4,8,17-18,21-22H,3,5-6H2,1H3,(H,14,20)(H,15,19)/b7-2-/t8-,11-,12+,13-/m0/s1. The fourth-order valence-corrected chi connectivity index (χ4v) is 2.54. The van der Waals surface area contributed by atoms with Crippen LogP contribution in [0.4, 0.5) is 0 Å². The van der Waals surface area contributed by atoms with Gasteiger partial charge in [-0.2, -0.15) is 0 Å². The number of fused-ring (bicyclic) bond motifs is 5. The van der Waals surface area contributed by atoms with Crippen LogP contribution in [0.2, 0.25) is 0 Å². The maximum absolute atomic E-state index is 12.4. The highest BCUT2D eigenvalue weighted by molar-refractivity contribution is 6.03. The number of aliphatic hydroxyl groups excluding tert-OH is 2. The first-order valence-electron chi connectivity index (χ1n) is 6.81. The average Bonchev–Trinajstić information content (AvgIpc) is 2.49. The summed E-state index contributed by atoms with van der Waals surface area (Å²) in [5.41, 5.74) is -7.10. The molecule has 3 aliphatic rings. The van der Waals surface area contributed by atoms with Crippen molar-refractivity contribution >= 4 is 18.1 Å². The van der Waals surface area contributed by atoms with Crippen LogP contribution in [-0.2, 0) is 19.1 Å². The molecule has 4 atom stereocenters. The lowest BCUT2D eigenvalue weighted by Crippen LogP contribution is -2.82. The van der Waals surface area contributed by atoms with Crippen molar-refractivity contribution in [3.05, 3.63) is 11.6 Å². The Morgan fingerprint density at radius 3 is 2.61 bits per heavy atom. The van der Waals surface area contributed by atoms with E-state index in [0.29, 0.717) is 6.29 Å². The molecule has 10 nitrogen and oxygen atoms in total. The molecule has 0 saturated carbocycles. The van der Waals surface area contributed by atoms with E-state index in [9.17, 15) is 29.7 Å². The second kappa shape index (κ2) is 5.65. The van der Waals surface area contributed by atoms with Crippen LogP contribution >= 0.6 is 0 Å². The fraction of sp³-hybridized carbons (Fsp3) is 0.615. The minimum Gasteiger partial charge on any atom is -0.393 e. The summed E-state index contributed by atoms with van der Waals surface area (Å²) in [5.74, 6) is -2.27. The van der Waals surface area contributed by atoms with Crippen LogP contribution in [0, 0.1) is 0 Å². The summed E-state index contributed by atoms with van der Waals surface area (Å²) in [7, 11) is 0. The molecule has 0 aromatic heterocycles. The Morgan fingerprint density at radius 2 is 2.04 bits per heavy atom. The predicted octanol–water partition coefficient (Wildman–Crippen LogP) is -3.73. The summed E-state index contributed by atoms with van der Waals surface area (Å²) >= 11 is 0. The molecule has 0 aliphatic carbocycles. The Hall–Kier alpha value is -1.85. The first kappa shape index (κ1) is 17.5. The third-order valence-corrected chi connectivity index (χ3v) is 3.99. The summed E-state index contributed by atoms with van der Waals surface area (Å²) < 4.78 is 5.28. The molecule has 3 heterocycles. The number of allylic oxidation sites excluding steroid dienone is 1. The lowest BCUT2D eigenvalue weighted by Gasteiger charge is -2.49. The summed E-state index contributed by atoms with van der Waals surface area (Å²) in [4.78, 5) is 35.3. The quantitative estimate of drug-likeness (QED) is 0.226. The number of aldehydes is 1. The highest BCUT2D eigenvalue weighted by Gasteiger charge is 2.63. The van der Waals surface area contributed by atoms with Crippen LogP contribution in [0.15, 0.2) is 11.6 Å². The van der Waals surface area contributed by atoms with Crippen molar-refractivity contribution in [1.29, 1.82) is 0 Å². The van der Waals surface area contributed by atoms with Crippen molar-refractivity contribution in [1.82, 2.24) is 10.6 Å². The highest BCUT2D eigenvalue weighted by Crippen LogP contribution is 2.33. The largest absolute Gasteiger partial charge is 0.393 e. The Balaban J connectivity index is 2.49. The molecule has 0 radical (unpaired) electrons. The molecule has 0 aromatic rings. The molecule has 6 N–H and O–H groups in total. The lowest BCUT2D eigenvalue weighted by molar-refractivity contribution is -0.230. The second-order valence-corrected chi connectivity index (χ2v) is 5.70. The SMILES string of the molecule is C[C@](O)(CO)[C@H](O)[C@@]12NC(=O)[C@@](O)(NC1=O)/C(=C\C=O)CCO2. The minimum absolute atomic E-state index is 0.0846. The Bertz CT molecular complexity index is 574. The summed E-state index contributed by atoms with van der Waals surface area (Å²) in [6.07, 6.45) is -0.826. The van der Waals surface area contributed by atoms with Gasteiger partial charge in [0.2, 0.25) is 5.72 Å². The Kier molecular flexibility index (Phi) is 4.30. The first-order valence-corrected chi connectivity index (χ1v) is 6.81. The van der Waals surface area contributed by atoms with Gasteiger partial charge in [0.05, 0.1) is 13.2 Å². The van der Waals surface area contributed by atoms with Crippen molar-refractivity contribution < 1.29 is 39.5 Å². The zero-order valence-electron chi connectivity index (χ0n) is 12.3. The number of nitrogens with one attached hydrogen (secondary N) is 2. The molecule has 128 valence electrons. The van der Waals surface area contributed by atoms with E-state index < -0.39 is 41.6 Å². The smallest absolute Gasteiger partial charge is 0.280 e. The van der Waals surface area contributed by atoms with E-state index in [1.54, 1.807) is 0 Å². The number of carbonyl (C=O) groups is 3. The van der Waals surface area contributed by atoms with Gasteiger partial charge in [-0.1, -0.05) is 0 Å². The number of piperazine rings is 1. The lowest BCUT2D eigenvalue weighted by atomic mass is 9.84. The number of hydrogen-bond acceptors (Lipinski definition) is 8. The van der Waals surface area contributed by atoms with E-state index in [1.807, 2.05) is 10.6 Å². The number of amides is 2. The summed E-state index contributed by atoms with van der Waals surface area (Å²) in [6.45, 7) is -0.107. The van der Waals surface area contributed by atoms with Crippen molar-refractivity contribution in [3.8, 4) is 0 Å². The molecule has 0 aromatic carbocycles. The van der Waals surface area contributed by atoms with Gasteiger partial charge in [-0.25, -0.2) is 0 Å².